The molecule has 39 nitrogen and oxygen atoms in total. The van der Waals surface area contributed by atoms with Crippen molar-refractivity contribution in [3.05, 3.63) is 307 Å². The van der Waals surface area contributed by atoms with Crippen LogP contribution in [0.3, 0.4) is 0 Å². The molecule has 1 saturated heterocycles. The number of morpholine rings is 1. The number of urea groups is 4. The number of anilines is 7. The normalized spacial score (nSPS) is 13.4. The summed E-state index contributed by atoms with van der Waals surface area (Å²) in [5, 5.41) is 22.1. The number of aryl methyl sites for hydroxylation is 8. The molecular formula is C98H95N21O18S8. The molecule has 12 heterocycles. The van der Waals surface area contributed by atoms with Crippen LogP contribution in [0.25, 0.3) is 66.4 Å². The number of sulfonamides is 4. The number of ether oxygens (including phenoxy) is 2. The molecule has 748 valence electrons. The number of rotatable bonds is 22. The first kappa shape index (κ1) is 101. The van der Waals surface area contributed by atoms with E-state index in [4.69, 9.17) is 14.5 Å². The summed E-state index contributed by atoms with van der Waals surface area (Å²) in [7, 11) is -15.8. The molecule has 0 unspecified atom stereocenters. The Morgan fingerprint density at radius 2 is 0.745 bits per heavy atom. The second-order valence-corrected chi connectivity index (χ2v) is 46.5. The van der Waals surface area contributed by atoms with E-state index in [9.17, 15) is 72.0 Å². The van der Waals surface area contributed by atoms with Crippen molar-refractivity contribution >= 4 is 199 Å². The minimum absolute atomic E-state index is 0.0556. The molecule has 0 radical (unpaired) electrons. The van der Waals surface area contributed by atoms with Gasteiger partial charge in [-0.15, -0.1) is 45.3 Å². The minimum atomic E-state index is -3.96. The molecule has 8 aromatic carbocycles. The van der Waals surface area contributed by atoms with Crippen molar-refractivity contribution in [2.24, 2.45) is 4.99 Å². The third-order valence-corrected chi connectivity index (χ3v) is 34.6. The van der Waals surface area contributed by atoms with Gasteiger partial charge in [0.25, 0.3) is 62.3 Å². The highest BCUT2D eigenvalue weighted by Gasteiger charge is 2.28. The van der Waals surface area contributed by atoms with E-state index in [-0.39, 0.29) is 39.1 Å². The van der Waals surface area contributed by atoms with Crippen LogP contribution in [0.2, 0.25) is 0 Å². The van der Waals surface area contributed by atoms with Gasteiger partial charge >= 0.3 is 24.1 Å². The average Bonchev–Trinajstić information content (AvgIpc) is 1.71. The second-order valence-electron chi connectivity index (χ2n) is 33.7. The van der Waals surface area contributed by atoms with Gasteiger partial charge in [0.05, 0.1) is 86.1 Å². The number of hydrogen-bond acceptors (Lipinski definition) is 31. The van der Waals surface area contributed by atoms with Crippen molar-refractivity contribution in [3.63, 3.8) is 0 Å². The maximum absolute atomic E-state index is 13.4. The van der Waals surface area contributed by atoms with E-state index in [1.165, 1.54) is 42.5 Å². The van der Waals surface area contributed by atoms with E-state index < -0.39 is 64.2 Å². The number of thiophene rings is 4. The van der Waals surface area contributed by atoms with E-state index in [0.29, 0.717) is 126 Å². The van der Waals surface area contributed by atoms with Crippen LogP contribution in [-0.2, 0) is 62.4 Å². The summed E-state index contributed by atoms with van der Waals surface area (Å²) in [6.07, 6.45) is 2.69. The van der Waals surface area contributed by atoms with Crippen LogP contribution in [-0.4, -0.2) is 172 Å². The minimum Gasteiger partial charge on any atom is -0.476 e. The number of fused-ring (bicyclic) bond motifs is 7. The predicted molar refractivity (Wildman–Crippen MR) is 564 cm³/mol. The highest BCUT2D eigenvalue weighted by molar-refractivity contribution is 7.93. The number of benzene rings is 8. The maximum atomic E-state index is 13.4. The number of nitrogens with one attached hydrogen (secondary N) is 11. The number of carbonyl (C=O) groups excluding carboxylic acids is 4. The lowest BCUT2D eigenvalue weighted by Crippen LogP contribution is -2.37. The molecular weight excluding hydrogens is 2020 g/mol. The van der Waals surface area contributed by atoms with Crippen LogP contribution < -0.4 is 78.3 Å². The molecule has 0 saturated carbocycles. The molecule has 145 heavy (non-hydrogen) atoms. The predicted octanol–water partition coefficient (Wildman–Crippen LogP) is 14.1. The van der Waals surface area contributed by atoms with E-state index >= 15 is 0 Å². The van der Waals surface area contributed by atoms with Gasteiger partial charge in [0, 0.05) is 103 Å². The third kappa shape index (κ3) is 23.3. The number of aliphatic imine (C=N–C) groups is 1. The van der Waals surface area contributed by atoms with Crippen LogP contribution in [0.4, 0.5) is 59.0 Å². The van der Waals surface area contributed by atoms with Gasteiger partial charge in [-0.2, -0.15) is 0 Å². The lowest BCUT2D eigenvalue weighted by Gasteiger charge is -2.26. The van der Waals surface area contributed by atoms with E-state index in [1.54, 1.807) is 207 Å². The van der Waals surface area contributed by atoms with Crippen LogP contribution in [0.15, 0.2) is 247 Å². The average molecular weight is 2110 g/mol. The molecule has 1 fully saturated rings. The van der Waals surface area contributed by atoms with Crippen molar-refractivity contribution < 1.29 is 62.3 Å². The van der Waals surface area contributed by atoms with Crippen LogP contribution in [0.1, 0.15) is 65.9 Å². The Kier molecular flexibility index (Phi) is 29.9. The first-order valence-corrected chi connectivity index (χ1v) is 54.4. The zero-order valence-electron chi connectivity index (χ0n) is 78.9. The molecule has 8 amide bonds. The number of amides is 8. The van der Waals surface area contributed by atoms with E-state index in [0.717, 1.165) is 176 Å². The lowest BCUT2D eigenvalue weighted by molar-refractivity contribution is 0.0378. The van der Waals surface area contributed by atoms with Crippen molar-refractivity contribution in [2.75, 3.05) is 103 Å². The van der Waals surface area contributed by atoms with Crippen molar-refractivity contribution in [1.29, 1.82) is 0 Å². The smallest absolute Gasteiger partial charge is 0.333 e. The van der Waals surface area contributed by atoms with Crippen molar-refractivity contribution in [1.82, 2.24) is 62.0 Å². The SMILES string of the molecule is Cc1ccc(S(=O)(=O)NC(=O)Nc2ccc(-n3c(C)nc4c5c(ccc4c3=O)NCC5)cc2)s1.Cc1ccc(S(=O)(=O)NC(=O)Nc2ccc(-n3c(C)nc4cc(C5=NCCO5)ccc4c3=O)cc2)s1.Cc1ccc(S(=O)(=O)NC(=O)Nc2ccc(-n3c(C)nc4cc(NCCCN5CCOCC5)ccc4c3=O)cc2)s1.Cc1ccc(S(=O)(=O)NC(=O)Nc2ccc(-n3c(C)nc4cc5c(cc4c3=O)CCN5)cc2)s1. The van der Waals surface area contributed by atoms with Gasteiger partial charge in [-0.25, -0.2) is 96.7 Å². The van der Waals surface area contributed by atoms with Crippen molar-refractivity contribution in [3.8, 4) is 22.7 Å². The zero-order valence-corrected chi connectivity index (χ0v) is 85.4. The molecule has 0 atom stereocenters. The first-order valence-electron chi connectivity index (χ1n) is 45.3. The Morgan fingerprint density at radius 1 is 0.379 bits per heavy atom. The van der Waals surface area contributed by atoms with E-state index in [2.05, 4.69) is 62.1 Å². The molecule has 16 aromatic rings. The van der Waals surface area contributed by atoms with Crippen molar-refractivity contribution in [2.45, 2.75) is 91.5 Å². The molecule has 20 rings (SSSR count). The molecule has 11 N–H and O–H groups in total. The summed E-state index contributed by atoms with van der Waals surface area (Å²) in [6, 6.07) is 53.3. The monoisotopic (exact) mass is 2110 g/mol. The van der Waals surface area contributed by atoms with Crippen LogP contribution in [0, 0.1) is 55.4 Å². The highest BCUT2D eigenvalue weighted by atomic mass is 32.3. The van der Waals surface area contributed by atoms with Gasteiger partial charge in [0.1, 0.15) is 46.7 Å². The Morgan fingerprint density at radius 3 is 1.15 bits per heavy atom. The van der Waals surface area contributed by atoms with Gasteiger partial charge in [0.2, 0.25) is 5.90 Å². The largest absolute Gasteiger partial charge is 0.476 e. The van der Waals surface area contributed by atoms with Crippen LogP contribution >= 0.6 is 45.3 Å². The fourth-order valence-corrected chi connectivity index (χ4v) is 25.3. The van der Waals surface area contributed by atoms with Gasteiger partial charge < -0.3 is 46.7 Å². The zero-order chi connectivity index (χ0) is 103. The Bertz CT molecular complexity index is 8450. The van der Waals surface area contributed by atoms with Gasteiger partial charge in [0.15, 0.2) is 0 Å². The third-order valence-electron chi connectivity index (χ3n) is 23.3. The number of nitrogens with zero attached hydrogens (tertiary/aromatic N) is 10. The Balaban J connectivity index is 0.000000133. The lowest BCUT2D eigenvalue weighted by atomic mass is 10.1. The van der Waals surface area contributed by atoms with E-state index in [1.807, 2.05) is 49.2 Å². The molecule has 0 bridgehead atoms. The number of aromatic nitrogens is 8. The second kappa shape index (κ2) is 42.8. The van der Waals surface area contributed by atoms with Gasteiger partial charge in [-0.3, -0.25) is 42.3 Å². The fourth-order valence-electron chi connectivity index (χ4n) is 16.5. The summed E-state index contributed by atoms with van der Waals surface area (Å²) >= 11 is 4.31. The quantitative estimate of drug-likeness (QED) is 0.0281. The maximum Gasteiger partial charge on any atom is 0.333 e. The van der Waals surface area contributed by atoms with Gasteiger partial charge in [-0.1, -0.05) is 0 Å². The molecule has 0 spiro atoms. The highest BCUT2D eigenvalue weighted by Crippen LogP contribution is 2.33. The molecule has 8 aromatic heterocycles. The molecule has 0 aliphatic carbocycles. The summed E-state index contributed by atoms with van der Waals surface area (Å²) in [5.41, 5.74) is 11.4. The summed E-state index contributed by atoms with van der Waals surface area (Å²) < 4.78 is 124. The molecule has 47 heteroatoms. The Labute approximate surface area is 846 Å². The number of hydrogen-bond donors (Lipinski definition) is 11. The summed E-state index contributed by atoms with van der Waals surface area (Å²) in [6.45, 7) is 22.3. The van der Waals surface area contributed by atoms with Gasteiger partial charge in [-0.05, 0) is 293 Å². The topological polar surface area (TPSA) is 511 Å². The molecule has 4 aliphatic rings. The molecule has 4 aliphatic heterocycles. The summed E-state index contributed by atoms with van der Waals surface area (Å²) in [4.78, 5) is 131. The summed E-state index contributed by atoms with van der Waals surface area (Å²) in [5.74, 6) is 2.63. The van der Waals surface area contributed by atoms with Crippen LogP contribution in [0.5, 0.6) is 0 Å². The standard InChI is InChI=1S/C28H32N6O5S2.C24H21N5O5S2.2C23H21N5O4S2/c1-19-4-11-26(40-19)41(37,38)32-28(36)31-21-5-8-23(9-6-21)34-20(2)30-25-18-22(7-10-24(25)27(34)35)29-12-3-13-33-14-16-39-17-15-33;1-14-3-10-21(35-14)36(32,33)28-24(31)27-17-5-7-18(8-6-17)29-15(2)26-20-13-16(22-25-11-12-34-22)4-9-19(20)23(29)30;1-13-3-10-20(33-13)34(31,32)27-23(30)26-15-4-6-16(7-5-15)28-14(2)25-21-17-11-12-24-19(17)9-8-18(21)22(28)29;1-13-3-8-21(33-13)34(31,32)27-23(30)26-16-4-6-17(7-5-16)28-14(2)25-20-12-19-15(9-10-24-19)11-18(20)22(28)29/h4-11,18,29H,3,12-17H2,1-2H3,(H2,31,32,36);3-10,13H,11-12H2,1-2H3,(H2,27,28,31);3-10,24H,11-12H2,1-2H3,(H2,26,27,30);3-8,11-12,24H,9-10H2,1-2H3,(H2,26,27,30). The first-order chi connectivity index (χ1) is 69.3. The number of carbonyl (C=O) groups is 4. The Hall–Kier alpha value is -15.2. The fraction of sp³-hybridized carbons (Fsp3) is 0.214.